The molecule has 1 aliphatic heterocycles. The van der Waals surface area contributed by atoms with Crippen molar-refractivity contribution in [1.29, 1.82) is 0 Å². The highest BCUT2D eigenvalue weighted by Gasteiger charge is 2.21. The predicted molar refractivity (Wildman–Crippen MR) is 83.1 cm³/mol. The third kappa shape index (κ3) is 2.29. The molecule has 0 aliphatic carbocycles. The molecular weight excluding hydrogens is 306 g/mol. The van der Waals surface area contributed by atoms with E-state index in [1.54, 1.807) is 0 Å². The molecule has 0 aromatic carbocycles. The van der Waals surface area contributed by atoms with Gasteiger partial charge in [0.1, 0.15) is 5.01 Å². The zero-order valence-corrected chi connectivity index (χ0v) is 12.8. The minimum atomic E-state index is -0.186. The largest absolute Gasteiger partial charge is 0.316 e. The van der Waals surface area contributed by atoms with E-state index in [0.29, 0.717) is 16.6 Å². The van der Waals surface area contributed by atoms with Gasteiger partial charge in [0.2, 0.25) is 4.96 Å². The summed E-state index contributed by atoms with van der Waals surface area (Å²) in [6.07, 6.45) is 2.24. The zero-order valence-electron chi connectivity index (χ0n) is 11.2. The van der Waals surface area contributed by atoms with Crippen LogP contribution in [-0.4, -0.2) is 32.9 Å². The molecule has 6 nitrogen and oxygen atoms in total. The monoisotopic (exact) mass is 319 g/mol. The highest BCUT2D eigenvalue weighted by atomic mass is 32.1. The van der Waals surface area contributed by atoms with Crippen LogP contribution in [0.25, 0.3) is 15.5 Å². The lowest BCUT2D eigenvalue weighted by molar-refractivity contribution is 0.457. The Morgan fingerprint density at radius 1 is 1.38 bits per heavy atom. The van der Waals surface area contributed by atoms with Crippen LogP contribution in [-0.2, 0) is 0 Å². The van der Waals surface area contributed by atoms with Gasteiger partial charge in [0.15, 0.2) is 5.69 Å². The van der Waals surface area contributed by atoms with Gasteiger partial charge in [-0.3, -0.25) is 4.79 Å². The number of hydrogen-bond donors (Lipinski definition) is 1. The number of nitrogens with zero attached hydrogens (tertiary/aromatic N) is 4. The summed E-state index contributed by atoms with van der Waals surface area (Å²) >= 11 is 2.95. The topological polar surface area (TPSA) is 72.2 Å². The van der Waals surface area contributed by atoms with Gasteiger partial charge in [0.25, 0.3) is 0 Å². The molecule has 1 N–H and O–H groups in total. The lowest BCUT2D eigenvalue weighted by Gasteiger charge is -2.19. The van der Waals surface area contributed by atoms with Crippen LogP contribution in [0.4, 0.5) is 0 Å². The van der Waals surface area contributed by atoms with Crippen LogP contribution in [0.15, 0.2) is 22.3 Å². The van der Waals surface area contributed by atoms with Gasteiger partial charge in [0, 0.05) is 12.5 Å². The van der Waals surface area contributed by atoms with Crippen LogP contribution in [0.2, 0.25) is 0 Å². The van der Waals surface area contributed by atoms with Crippen LogP contribution in [0, 0.1) is 0 Å². The van der Waals surface area contributed by atoms with E-state index in [1.807, 2.05) is 17.5 Å². The summed E-state index contributed by atoms with van der Waals surface area (Å²) < 4.78 is 1.40. The number of thiophene rings is 1. The quantitative estimate of drug-likeness (QED) is 0.779. The molecule has 3 aromatic rings. The molecule has 21 heavy (non-hydrogen) atoms. The van der Waals surface area contributed by atoms with Gasteiger partial charge < -0.3 is 5.32 Å². The van der Waals surface area contributed by atoms with Crippen LogP contribution in [0.3, 0.4) is 0 Å². The standard InChI is InChI=1S/C13H13N5OS2/c19-12-10(9-4-2-6-20-9)15-16-13-18(12)17-11(21-13)8-3-1-5-14-7-8/h2,4,6,8,14H,1,3,5,7H2. The highest BCUT2D eigenvalue weighted by molar-refractivity contribution is 7.16. The van der Waals surface area contributed by atoms with Crippen molar-refractivity contribution in [2.45, 2.75) is 18.8 Å². The fourth-order valence-electron chi connectivity index (χ4n) is 2.52. The number of hydrogen-bond acceptors (Lipinski definition) is 7. The number of rotatable bonds is 2. The molecule has 1 atom stereocenters. The SMILES string of the molecule is O=c1c(-c2cccs2)nnc2sc(C3CCCNC3)nn12. The fraction of sp³-hybridized carbons (Fsp3) is 0.385. The van der Waals surface area contributed by atoms with Crippen molar-refractivity contribution in [3.63, 3.8) is 0 Å². The molecule has 8 heteroatoms. The molecule has 0 amide bonds. The van der Waals surface area contributed by atoms with Gasteiger partial charge >= 0.3 is 5.56 Å². The maximum atomic E-state index is 12.5. The van der Waals surface area contributed by atoms with Gasteiger partial charge in [-0.05, 0) is 30.8 Å². The fourth-order valence-corrected chi connectivity index (χ4v) is 4.19. The Morgan fingerprint density at radius 2 is 2.33 bits per heavy atom. The van der Waals surface area contributed by atoms with Crippen molar-refractivity contribution in [1.82, 2.24) is 25.1 Å². The first-order valence-electron chi connectivity index (χ1n) is 6.84. The Hall–Kier alpha value is -1.64. The van der Waals surface area contributed by atoms with Crippen LogP contribution >= 0.6 is 22.7 Å². The van der Waals surface area contributed by atoms with E-state index in [9.17, 15) is 4.79 Å². The third-order valence-electron chi connectivity index (χ3n) is 3.61. The van der Waals surface area contributed by atoms with E-state index < -0.39 is 0 Å². The normalized spacial score (nSPS) is 19.1. The molecule has 0 bridgehead atoms. The van der Waals surface area contributed by atoms with E-state index in [0.717, 1.165) is 35.8 Å². The molecule has 0 saturated carbocycles. The molecule has 1 unspecified atom stereocenters. The molecule has 0 radical (unpaired) electrons. The molecule has 4 heterocycles. The second kappa shape index (κ2) is 5.28. The first-order chi connectivity index (χ1) is 10.3. The first-order valence-corrected chi connectivity index (χ1v) is 8.53. The summed E-state index contributed by atoms with van der Waals surface area (Å²) in [6.45, 7) is 1.98. The molecule has 3 aromatic heterocycles. The Labute approximate surface area is 128 Å². The smallest absolute Gasteiger partial charge is 0.302 e. The predicted octanol–water partition coefficient (Wildman–Crippen LogP) is 1.74. The van der Waals surface area contributed by atoms with E-state index in [-0.39, 0.29) is 5.56 Å². The van der Waals surface area contributed by atoms with E-state index in [1.165, 1.54) is 27.2 Å². The van der Waals surface area contributed by atoms with Crippen molar-refractivity contribution in [2.24, 2.45) is 0 Å². The van der Waals surface area contributed by atoms with Crippen LogP contribution in [0.1, 0.15) is 23.8 Å². The molecule has 0 spiro atoms. The zero-order chi connectivity index (χ0) is 14.2. The Balaban J connectivity index is 1.81. The summed E-state index contributed by atoms with van der Waals surface area (Å²) in [5.41, 5.74) is 0.190. The van der Waals surface area contributed by atoms with Gasteiger partial charge in [-0.15, -0.1) is 21.5 Å². The second-order valence-corrected chi connectivity index (χ2v) is 6.94. The van der Waals surface area contributed by atoms with E-state index in [4.69, 9.17) is 0 Å². The summed E-state index contributed by atoms with van der Waals surface area (Å²) in [6, 6.07) is 3.77. The van der Waals surface area contributed by atoms with E-state index >= 15 is 0 Å². The Morgan fingerprint density at radius 3 is 3.10 bits per heavy atom. The number of fused-ring (bicyclic) bond motifs is 1. The summed E-state index contributed by atoms with van der Waals surface area (Å²) in [5, 5.41) is 19.0. The van der Waals surface area contributed by atoms with Gasteiger partial charge in [-0.2, -0.15) is 9.61 Å². The molecular formula is C13H13N5OS2. The molecule has 1 saturated heterocycles. The number of nitrogens with one attached hydrogen (secondary N) is 1. The average molecular weight is 319 g/mol. The van der Waals surface area contributed by atoms with Crippen molar-refractivity contribution in [3.05, 3.63) is 32.9 Å². The minimum absolute atomic E-state index is 0.186. The average Bonchev–Trinajstić information content (AvgIpc) is 3.18. The molecule has 1 fully saturated rings. The van der Waals surface area contributed by atoms with Crippen LogP contribution < -0.4 is 10.9 Å². The van der Waals surface area contributed by atoms with Gasteiger partial charge in [-0.1, -0.05) is 17.4 Å². The third-order valence-corrected chi connectivity index (χ3v) is 5.54. The van der Waals surface area contributed by atoms with Gasteiger partial charge in [0.05, 0.1) is 4.88 Å². The molecule has 1 aliphatic rings. The van der Waals surface area contributed by atoms with Crippen molar-refractivity contribution >= 4 is 27.6 Å². The van der Waals surface area contributed by atoms with Crippen molar-refractivity contribution in [3.8, 4) is 10.6 Å². The lowest BCUT2D eigenvalue weighted by atomic mass is 10.0. The van der Waals surface area contributed by atoms with E-state index in [2.05, 4.69) is 20.6 Å². The summed E-state index contributed by atoms with van der Waals surface area (Å²) in [4.78, 5) is 13.9. The Bertz CT molecular complexity index is 817. The highest BCUT2D eigenvalue weighted by Crippen LogP contribution is 2.27. The van der Waals surface area contributed by atoms with Gasteiger partial charge in [-0.25, -0.2) is 0 Å². The van der Waals surface area contributed by atoms with Crippen molar-refractivity contribution < 1.29 is 0 Å². The molecule has 108 valence electrons. The lowest BCUT2D eigenvalue weighted by Crippen LogP contribution is -2.28. The summed E-state index contributed by atoms with van der Waals surface area (Å²) in [7, 11) is 0. The minimum Gasteiger partial charge on any atom is -0.316 e. The first kappa shape index (κ1) is 13.1. The van der Waals surface area contributed by atoms with Crippen LogP contribution in [0.5, 0.6) is 0 Å². The maximum Gasteiger partial charge on any atom is 0.302 e. The number of aromatic nitrogens is 4. The second-order valence-electron chi connectivity index (χ2n) is 5.01. The molecule has 4 rings (SSSR count). The Kier molecular flexibility index (Phi) is 3.28. The maximum absolute atomic E-state index is 12.5. The van der Waals surface area contributed by atoms with Crippen molar-refractivity contribution in [2.75, 3.05) is 13.1 Å². The number of piperidine rings is 1. The summed E-state index contributed by atoms with van der Waals surface area (Å²) in [5.74, 6) is 0.370.